The number of aromatic hydroxyl groups is 1. The smallest absolute Gasteiger partial charge is 0.258 e. The molecule has 110 valence electrons. The van der Waals surface area contributed by atoms with Crippen molar-refractivity contribution in [1.29, 1.82) is 0 Å². The van der Waals surface area contributed by atoms with Crippen LogP contribution in [0.1, 0.15) is 5.56 Å². The summed E-state index contributed by atoms with van der Waals surface area (Å²) >= 11 is 0. The summed E-state index contributed by atoms with van der Waals surface area (Å²) in [6, 6.07) is 14.0. The van der Waals surface area contributed by atoms with Crippen molar-refractivity contribution in [2.45, 2.75) is 0 Å². The molecular weight excluding hydrogens is 280 g/mol. The first kappa shape index (κ1) is 13.8. The van der Waals surface area contributed by atoms with E-state index in [-0.39, 0.29) is 5.75 Å². The maximum absolute atomic E-state index is 9.29. The average molecular weight is 294 g/mol. The van der Waals surface area contributed by atoms with Gasteiger partial charge in [-0.2, -0.15) is 4.98 Å². The number of aliphatic imine (C=N–C) groups is 1. The fourth-order valence-electron chi connectivity index (χ4n) is 1.98. The van der Waals surface area contributed by atoms with Crippen LogP contribution >= 0.6 is 0 Å². The van der Waals surface area contributed by atoms with E-state index < -0.39 is 0 Å². The van der Waals surface area contributed by atoms with Crippen molar-refractivity contribution in [3.05, 3.63) is 54.1 Å². The molecule has 0 bridgehead atoms. The lowest BCUT2D eigenvalue weighted by Gasteiger charge is -2.00. The number of nitrogens with two attached hydrogens (primary N) is 1. The van der Waals surface area contributed by atoms with Gasteiger partial charge in [-0.15, -0.1) is 0 Å². The molecule has 1 heterocycles. The molecule has 0 aliphatic heterocycles. The number of hydrogen-bond donors (Lipinski definition) is 2. The fourth-order valence-corrected chi connectivity index (χ4v) is 1.98. The third kappa shape index (κ3) is 2.67. The molecule has 0 atom stereocenters. The monoisotopic (exact) mass is 294 g/mol. The van der Waals surface area contributed by atoms with E-state index in [4.69, 9.17) is 10.3 Å². The zero-order valence-electron chi connectivity index (χ0n) is 11.9. The highest BCUT2D eigenvalue weighted by Crippen LogP contribution is 2.23. The van der Waals surface area contributed by atoms with Crippen molar-refractivity contribution in [2.75, 3.05) is 7.05 Å². The van der Waals surface area contributed by atoms with Crippen LogP contribution in [0.5, 0.6) is 5.75 Å². The van der Waals surface area contributed by atoms with Crippen molar-refractivity contribution in [3.8, 4) is 28.6 Å². The molecule has 3 rings (SSSR count). The second kappa shape index (κ2) is 5.69. The van der Waals surface area contributed by atoms with E-state index in [1.165, 1.54) is 0 Å². The third-order valence-corrected chi connectivity index (χ3v) is 3.22. The van der Waals surface area contributed by atoms with Gasteiger partial charge in [0.25, 0.3) is 5.89 Å². The molecule has 0 saturated carbocycles. The minimum atomic E-state index is 0.193. The van der Waals surface area contributed by atoms with E-state index >= 15 is 0 Å². The Morgan fingerprint density at radius 2 is 1.68 bits per heavy atom. The predicted molar refractivity (Wildman–Crippen MR) is 83.5 cm³/mol. The van der Waals surface area contributed by atoms with Gasteiger partial charge in [-0.25, -0.2) is 0 Å². The quantitative estimate of drug-likeness (QED) is 0.571. The summed E-state index contributed by atoms with van der Waals surface area (Å²) in [6.07, 6.45) is 0. The summed E-state index contributed by atoms with van der Waals surface area (Å²) in [4.78, 5) is 8.29. The lowest BCUT2D eigenvalue weighted by molar-refractivity contribution is 0.432. The Morgan fingerprint density at radius 1 is 1.05 bits per heavy atom. The summed E-state index contributed by atoms with van der Waals surface area (Å²) in [6.45, 7) is 0. The molecule has 6 nitrogen and oxygen atoms in total. The minimum absolute atomic E-state index is 0.193. The molecule has 0 amide bonds. The number of hydrogen-bond acceptors (Lipinski definition) is 5. The highest BCUT2D eigenvalue weighted by molar-refractivity contribution is 5.97. The van der Waals surface area contributed by atoms with Crippen LogP contribution in [0.4, 0.5) is 0 Å². The van der Waals surface area contributed by atoms with Crippen LogP contribution in [0.25, 0.3) is 22.8 Å². The first-order valence-electron chi connectivity index (χ1n) is 6.63. The van der Waals surface area contributed by atoms with Crippen molar-refractivity contribution >= 4 is 5.84 Å². The number of amidine groups is 1. The van der Waals surface area contributed by atoms with Gasteiger partial charge in [0, 0.05) is 23.7 Å². The minimum Gasteiger partial charge on any atom is -0.508 e. The standard InChI is InChI=1S/C16H14N4O2/c1-18-14(17)10-2-4-12(5-3-10)16-19-15(20-22-16)11-6-8-13(21)9-7-11/h2-9,21H,1H3,(H2,17,18). The SMILES string of the molecule is CN=C(N)c1ccc(-c2nc(-c3ccc(O)cc3)no2)cc1. The molecule has 22 heavy (non-hydrogen) atoms. The first-order chi connectivity index (χ1) is 10.7. The lowest BCUT2D eigenvalue weighted by Crippen LogP contribution is -2.12. The molecule has 0 saturated heterocycles. The molecule has 0 aliphatic rings. The van der Waals surface area contributed by atoms with Gasteiger partial charge < -0.3 is 15.4 Å². The first-order valence-corrected chi connectivity index (χ1v) is 6.63. The van der Waals surface area contributed by atoms with Gasteiger partial charge >= 0.3 is 0 Å². The number of phenolic OH excluding ortho intramolecular Hbond substituents is 1. The third-order valence-electron chi connectivity index (χ3n) is 3.22. The zero-order chi connectivity index (χ0) is 15.5. The van der Waals surface area contributed by atoms with E-state index in [1.54, 1.807) is 31.3 Å². The van der Waals surface area contributed by atoms with Gasteiger partial charge in [0.1, 0.15) is 11.6 Å². The molecule has 2 aromatic carbocycles. The van der Waals surface area contributed by atoms with Crippen molar-refractivity contribution < 1.29 is 9.63 Å². The molecule has 0 radical (unpaired) electrons. The highest BCUT2D eigenvalue weighted by Gasteiger charge is 2.11. The molecule has 0 unspecified atom stereocenters. The number of phenols is 1. The Balaban J connectivity index is 1.89. The van der Waals surface area contributed by atoms with Crippen LogP contribution < -0.4 is 5.73 Å². The average Bonchev–Trinajstić information content (AvgIpc) is 3.05. The summed E-state index contributed by atoms with van der Waals surface area (Å²) in [5.74, 6) is 1.55. The molecule has 6 heteroatoms. The Hall–Kier alpha value is -3.15. The van der Waals surface area contributed by atoms with E-state index in [0.717, 1.165) is 16.7 Å². The molecule has 0 fully saturated rings. The van der Waals surface area contributed by atoms with Crippen molar-refractivity contribution in [1.82, 2.24) is 10.1 Å². The summed E-state index contributed by atoms with van der Waals surface area (Å²) in [5.41, 5.74) is 8.16. The highest BCUT2D eigenvalue weighted by atomic mass is 16.5. The van der Waals surface area contributed by atoms with Gasteiger partial charge in [0.05, 0.1) is 0 Å². The van der Waals surface area contributed by atoms with Crippen LogP contribution in [-0.2, 0) is 0 Å². The van der Waals surface area contributed by atoms with Gasteiger partial charge in [-0.05, 0) is 36.4 Å². The van der Waals surface area contributed by atoms with Crippen LogP contribution in [-0.4, -0.2) is 28.1 Å². The van der Waals surface area contributed by atoms with Crippen LogP contribution in [0.15, 0.2) is 58.0 Å². The lowest BCUT2D eigenvalue weighted by atomic mass is 10.1. The maximum Gasteiger partial charge on any atom is 0.258 e. The molecule has 0 spiro atoms. The topological polar surface area (TPSA) is 97.5 Å². The van der Waals surface area contributed by atoms with Gasteiger partial charge in [-0.1, -0.05) is 17.3 Å². The molecule has 3 aromatic rings. The number of rotatable bonds is 3. The van der Waals surface area contributed by atoms with Gasteiger partial charge in [0.15, 0.2) is 0 Å². The second-order valence-corrected chi connectivity index (χ2v) is 4.66. The molecular formula is C16H14N4O2. The predicted octanol–water partition coefficient (Wildman–Crippen LogP) is 2.44. The van der Waals surface area contributed by atoms with Crippen LogP contribution in [0.3, 0.4) is 0 Å². The number of benzene rings is 2. The number of nitrogens with zero attached hydrogens (tertiary/aromatic N) is 3. The van der Waals surface area contributed by atoms with Crippen LogP contribution in [0, 0.1) is 0 Å². The number of aromatic nitrogens is 2. The zero-order valence-corrected chi connectivity index (χ0v) is 11.9. The summed E-state index contributed by atoms with van der Waals surface area (Å²) < 4.78 is 5.28. The Labute approximate surface area is 126 Å². The largest absolute Gasteiger partial charge is 0.508 e. The van der Waals surface area contributed by atoms with Gasteiger partial charge in [0.2, 0.25) is 5.82 Å². The van der Waals surface area contributed by atoms with E-state index in [0.29, 0.717) is 17.6 Å². The fraction of sp³-hybridized carbons (Fsp3) is 0.0625. The maximum atomic E-state index is 9.29. The van der Waals surface area contributed by atoms with Crippen LogP contribution in [0.2, 0.25) is 0 Å². The second-order valence-electron chi connectivity index (χ2n) is 4.66. The molecule has 3 N–H and O–H groups in total. The van der Waals surface area contributed by atoms with Gasteiger partial charge in [-0.3, -0.25) is 4.99 Å². The van der Waals surface area contributed by atoms with E-state index in [2.05, 4.69) is 15.1 Å². The summed E-state index contributed by atoms with van der Waals surface area (Å²) in [7, 11) is 1.64. The van der Waals surface area contributed by atoms with Crippen molar-refractivity contribution in [3.63, 3.8) is 0 Å². The Morgan fingerprint density at radius 3 is 2.32 bits per heavy atom. The molecule has 1 aromatic heterocycles. The molecule has 0 aliphatic carbocycles. The normalized spacial score (nSPS) is 11.6. The Bertz CT molecular complexity index is 805. The van der Waals surface area contributed by atoms with Crippen molar-refractivity contribution in [2.24, 2.45) is 10.7 Å². The van der Waals surface area contributed by atoms with E-state index in [1.807, 2.05) is 24.3 Å². The Kier molecular flexibility index (Phi) is 3.57. The van der Waals surface area contributed by atoms with E-state index in [9.17, 15) is 5.11 Å². The summed E-state index contributed by atoms with van der Waals surface area (Å²) in [5, 5.41) is 13.2.